The molecule has 0 atom stereocenters. The lowest BCUT2D eigenvalue weighted by molar-refractivity contribution is 0.0957. The molecule has 150 valence electrons. The SMILES string of the molecule is CN1CCN(Cc2cccc(-c3[nH]c4cc(F)cc5c4c3CCNC5=O)c2)CC1. The van der Waals surface area contributed by atoms with Crippen LogP contribution in [0.25, 0.3) is 22.2 Å². The van der Waals surface area contributed by atoms with Gasteiger partial charge in [0.1, 0.15) is 5.82 Å². The minimum atomic E-state index is -0.396. The number of aromatic amines is 1. The van der Waals surface area contributed by atoms with Crippen LogP contribution in [0.3, 0.4) is 0 Å². The lowest BCUT2D eigenvalue weighted by atomic mass is 9.99. The third-order valence-electron chi connectivity index (χ3n) is 6.09. The Morgan fingerprint density at radius 1 is 1.10 bits per heavy atom. The van der Waals surface area contributed by atoms with Gasteiger partial charge in [-0.25, -0.2) is 4.39 Å². The third kappa shape index (κ3) is 3.43. The van der Waals surface area contributed by atoms with Crippen molar-refractivity contribution in [3.05, 3.63) is 58.9 Å². The van der Waals surface area contributed by atoms with Crippen LogP contribution in [0, 0.1) is 5.82 Å². The van der Waals surface area contributed by atoms with Crippen LogP contribution in [0.15, 0.2) is 36.4 Å². The number of amides is 1. The summed E-state index contributed by atoms with van der Waals surface area (Å²) in [5.41, 5.74) is 5.54. The number of piperazine rings is 1. The lowest BCUT2D eigenvalue weighted by Gasteiger charge is -2.32. The zero-order chi connectivity index (χ0) is 20.0. The van der Waals surface area contributed by atoms with Gasteiger partial charge in [-0.2, -0.15) is 0 Å². The number of hydrogen-bond donors (Lipinski definition) is 2. The van der Waals surface area contributed by atoms with Crippen LogP contribution in [-0.4, -0.2) is 60.5 Å². The van der Waals surface area contributed by atoms with Crippen molar-refractivity contribution in [3.8, 4) is 11.3 Å². The van der Waals surface area contributed by atoms with E-state index in [1.165, 1.54) is 17.7 Å². The molecule has 0 unspecified atom stereocenters. The van der Waals surface area contributed by atoms with E-state index >= 15 is 0 Å². The molecule has 1 aromatic heterocycles. The zero-order valence-electron chi connectivity index (χ0n) is 16.6. The normalized spacial score (nSPS) is 18.1. The van der Waals surface area contributed by atoms with E-state index < -0.39 is 5.82 Å². The Labute approximate surface area is 169 Å². The number of H-pyrrole nitrogens is 1. The average Bonchev–Trinajstić information content (AvgIpc) is 2.98. The topological polar surface area (TPSA) is 51.4 Å². The van der Waals surface area contributed by atoms with Crippen LogP contribution < -0.4 is 5.32 Å². The number of hydrogen-bond acceptors (Lipinski definition) is 3. The summed E-state index contributed by atoms with van der Waals surface area (Å²) in [7, 11) is 2.17. The van der Waals surface area contributed by atoms with Crippen molar-refractivity contribution in [1.29, 1.82) is 0 Å². The lowest BCUT2D eigenvalue weighted by Crippen LogP contribution is -2.43. The van der Waals surface area contributed by atoms with Crippen molar-refractivity contribution < 1.29 is 9.18 Å². The Hall–Kier alpha value is -2.70. The van der Waals surface area contributed by atoms with E-state index in [-0.39, 0.29) is 5.91 Å². The van der Waals surface area contributed by atoms with Crippen molar-refractivity contribution in [2.45, 2.75) is 13.0 Å². The molecule has 0 radical (unpaired) electrons. The Kier molecular flexibility index (Phi) is 4.60. The molecule has 2 aromatic carbocycles. The molecule has 2 N–H and O–H groups in total. The molecule has 3 heterocycles. The van der Waals surface area contributed by atoms with Gasteiger partial charge in [0.05, 0.1) is 5.56 Å². The fourth-order valence-electron chi connectivity index (χ4n) is 4.53. The van der Waals surface area contributed by atoms with Crippen LogP contribution in [0.5, 0.6) is 0 Å². The summed E-state index contributed by atoms with van der Waals surface area (Å²) in [5, 5.41) is 3.73. The zero-order valence-corrected chi connectivity index (χ0v) is 16.6. The molecule has 1 fully saturated rings. The Morgan fingerprint density at radius 2 is 1.93 bits per heavy atom. The first kappa shape index (κ1) is 18.3. The van der Waals surface area contributed by atoms with Gasteiger partial charge in [-0.3, -0.25) is 9.69 Å². The van der Waals surface area contributed by atoms with E-state index in [0.717, 1.165) is 61.4 Å². The molecular formula is C23H25FN4O. The summed E-state index contributed by atoms with van der Waals surface area (Å²) in [6, 6.07) is 11.4. The minimum absolute atomic E-state index is 0.206. The van der Waals surface area contributed by atoms with Gasteiger partial charge < -0.3 is 15.2 Å². The summed E-state index contributed by atoms with van der Waals surface area (Å²) in [6.07, 6.45) is 0.725. The molecule has 6 heteroatoms. The van der Waals surface area contributed by atoms with Crippen molar-refractivity contribution in [2.75, 3.05) is 39.8 Å². The molecule has 5 rings (SSSR count). The van der Waals surface area contributed by atoms with Gasteiger partial charge >= 0.3 is 0 Å². The quantitative estimate of drug-likeness (QED) is 0.721. The maximum atomic E-state index is 14.1. The first-order valence-electron chi connectivity index (χ1n) is 10.2. The van der Waals surface area contributed by atoms with Gasteiger partial charge in [0.2, 0.25) is 0 Å². The van der Waals surface area contributed by atoms with Gasteiger partial charge in [-0.05, 0) is 48.4 Å². The second-order valence-electron chi connectivity index (χ2n) is 8.14. The molecule has 0 saturated carbocycles. The highest BCUT2D eigenvalue weighted by Crippen LogP contribution is 2.35. The van der Waals surface area contributed by atoms with Gasteiger partial charge in [0, 0.05) is 55.9 Å². The van der Waals surface area contributed by atoms with Crippen LogP contribution >= 0.6 is 0 Å². The van der Waals surface area contributed by atoms with E-state index in [9.17, 15) is 9.18 Å². The van der Waals surface area contributed by atoms with E-state index in [2.05, 4.69) is 51.4 Å². The smallest absolute Gasteiger partial charge is 0.252 e. The highest BCUT2D eigenvalue weighted by molar-refractivity contribution is 6.10. The highest BCUT2D eigenvalue weighted by atomic mass is 19.1. The van der Waals surface area contributed by atoms with Gasteiger partial charge in [0.15, 0.2) is 0 Å². The molecule has 2 aliphatic rings. The Bertz CT molecular complexity index is 1080. The fourth-order valence-corrected chi connectivity index (χ4v) is 4.53. The maximum absolute atomic E-state index is 14.1. The third-order valence-corrected chi connectivity index (χ3v) is 6.09. The van der Waals surface area contributed by atoms with Crippen molar-refractivity contribution in [1.82, 2.24) is 20.1 Å². The number of carbonyl (C=O) groups is 1. The van der Waals surface area contributed by atoms with E-state index in [0.29, 0.717) is 17.6 Å². The molecule has 0 bridgehead atoms. The number of rotatable bonds is 3. The molecule has 3 aromatic rings. The van der Waals surface area contributed by atoms with Crippen LogP contribution in [0.4, 0.5) is 4.39 Å². The predicted molar refractivity (Wildman–Crippen MR) is 113 cm³/mol. The predicted octanol–water partition coefficient (Wildman–Crippen LogP) is 3.01. The monoisotopic (exact) mass is 392 g/mol. The summed E-state index contributed by atoms with van der Waals surface area (Å²) < 4.78 is 14.1. The van der Waals surface area contributed by atoms with E-state index in [4.69, 9.17) is 0 Å². The molecular weight excluding hydrogens is 367 g/mol. The Morgan fingerprint density at radius 3 is 2.76 bits per heavy atom. The molecule has 1 saturated heterocycles. The molecule has 2 aliphatic heterocycles. The summed E-state index contributed by atoms with van der Waals surface area (Å²) in [6.45, 7) is 5.83. The molecule has 1 amide bonds. The summed E-state index contributed by atoms with van der Waals surface area (Å²) in [5.74, 6) is -0.602. The maximum Gasteiger partial charge on any atom is 0.252 e. The minimum Gasteiger partial charge on any atom is -0.354 e. The van der Waals surface area contributed by atoms with E-state index in [1.807, 2.05) is 0 Å². The number of carbonyl (C=O) groups excluding carboxylic acids is 1. The fraction of sp³-hybridized carbons (Fsp3) is 0.348. The number of aromatic nitrogens is 1. The first-order chi connectivity index (χ1) is 14.1. The second-order valence-corrected chi connectivity index (χ2v) is 8.14. The van der Waals surface area contributed by atoms with Crippen molar-refractivity contribution in [2.24, 2.45) is 0 Å². The number of nitrogens with zero attached hydrogens (tertiary/aromatic N) is 2. The van der Waals surface area contributed by atoms with Crippen molar-refractivity contribution in [3.63, 3.8) is 0 Å². The molecule has 0 aliphatic carbocycles. The van der Waals surface area contributed by atoms with Crippen LogP contribution in [0.2, 0.25) is 0 Å². The standard InChI is InChI=1S/C23H25FN4O/c1-27-7-9-28(10-8-27)14-15-3-2-4-16(11-15)22-18-5-6-25-23(29)19-12-17(24)13-20(26-22)21(18)19/h2-4,11-13,26H,5-10,14H2,1H3,(H,25,29). The van der Waals surface area contributed by atoms with E-state index in [1.54, 1.807) is 0 Å². The Balaban J connectivity index is 1.53. The average molecular weight is 392 g/mol. The van der Waals surface area contributed by atoms with Gasteiger partial charge in [-0.1, -0.05) is 18.2 Å². The molecule has 5 nitrogen and oxygen atoms in total. The number of benzene rings is 2. The van der Waals surface area contributed by atoms with Crippen LogP contribution in [-0.2, 0) is 13.0 Å². The highest BCUT2D eigenvalue weighted by Gasteiger charge is 2.23. The number of likely N-dealkylation sites (N-methyl/N-ethyl adjacent to an activating group) is 1. The first-order valence-corrected chi connectivity index (χ1v) is 10.2. The summed E-state index contributed by atoms with van der Waals surface area (Å²) in [4.78, 5) is 20.6. The largest absolute Gasteiger partial charge is 0.354 e. The molecule has 0 spiro atoms. The van der Waals surface area contributed by atoms with Crippen LogP contribution in [0.1, 0.15) is 21.5 Å². The molecule has 29 heavy (non-hydrogen) atoms. The summed E-state index contributed by atoms with van der Waals surface area (Å²) >= 11 is 0. The van der Waals surface area contributed by atoms with Gasteiger partial charge in [-0.15, -0.1) is 0 Å². The number of halogens is 1. The number of nitrogens with one attached hydrogen (secondary N) is 2. The van der Waals surface area contributed by atoms with Gasteiger partial charge in [0.25, 0.3) is 5.91 Å². The van der Waals surface area contributed by atoms with Crippen molar-refractivity contribution >= 4 is 16.8 Å². The second kappa shape index (κ2) is 7.28.